The van der Waals surface area contributed by atoms with Gasteiger partial charge in [0.2, 0.25) is 5.91 Å². The lowest BCUT2D eigenvalue weighted by Gasteiger charge is -2.34. The fourth-order valence-corrected chi connectivity index (χ4v) is 2.58. The molecule has 1 aromatic carbocycles. The van der Waals surface area contributed by atoms with E-state index in [1.807, 2.05) is 0 Å². The molecule has 0 spiro atoms. The number of halogens is 3. The maximum Gasteiger partial charge on any atom is 0.227 e. The summed E-state index contributed by atoms with van der Waals surface area (Å²) in [5, 5.41) is 0.616. The van der Waals surface area contributed by atoms with Crippen LogP contribution < -0.4 is 0 Å². The molecule has 6 heteroatoms. The number of hydrogen-bond acceptors (Lipinski definition) is 2. The van der Waals surface area contributed by atoms with E-state index < -0.39 is 11.6 Å². The van der Waals surface area contributed by atoms with Crippen LogP contribution in [0.1, 0.15) is 5.56 Å². The molecule has 1 aliphatic rings. The van der Waals surface area contributed by atoms with Crippen LogP contribution in [0.2, 0.25) is 0 Å². The van der Waals surface area contributed by atoms with Gasteiger partial charge < -0.3 is 9.64 Å². The van der Waals surface area contributed by atoms with Crippen molar-refractivity contribution >= 4 is 21.8 Å². The molecule has 1 unspecified atom stereocenters. The highest BCUT2D eigenvalue weighted by molar-refractivity contribution is 9.09. The van der Waals surface area contributed by atoms with Gasteiger partial charge in [0.05, 0.1) is 25.7 Å². The van der Waals surface area contributed by atoms with Gasteiger partial charge in [0.25, 0.3) is 0 Å². The molecule has 1 atom stereocenters. The van der Waals surface area contributed by atoms with Gasteiger partial charge in [-0.25, -0.2) is 8.78 Å². The van der Waals surface area contributed by atoms with Gasteiger partial charge in [-0.3, -0.25) is 4.79 Å². The number of hydrogen-bond donors (Lipinski definition) is 0. The average Bonchev–Trinajstić information content (AvgIpc) is 2.41. The first-order chi connectivity index (χ1) is 9.11. The van der Waals surface area contributed by atoms with Gasteiger partial charge in [-0.1, -0.05) is 22.0 Å². The van der Waals surface area contributed by atoms with E-state index in [0.717, 1.165) is 12.1 Å². The Bertz CT molecular complexity index is 470. The summed E-state index contributed by atoms with van der Waals surface area (Å²) < 4.78 is 31.6. The third-order valence-electron chi connectivity index (χ3n) is 3.08. The molecule has 0 aromatic heterocycles. The fourth-order valence-electron chi connectivity index (χ4n) is 2.04. The minimum absolute atomic E-state index is 0.0373. The van der Waals surface area contributed by atoms with Crippen molar-refractivity contribution in [1.82, 2.24) is 4.90 Å². The predicted octanol–water partition coefficient (Wildman–Crippen LogP) is 2.13. The molecule has 3 nitrogen and oxygen atoms in total. The standard InChI is InChI=1S/C13H14BrF2NO2/c14-7-11-8-19-4-3-17(11)13(18)5-9-1-2-10(15)6-12(9)16/h1-2,6,11H,3-5,7-8H2. The molecule has 1 heterocycles. The van der Waals surface area contributed by atoms with Crippen LogP contribution in [-0.4, -0.2) is 41.9 Å². The number of ether oxygens (including phenoxy) is 1. The summed E-state index contributed by atoms with van der Waals surface area (Å²) in [6.07, 6.45) is -0.0599. The Labute approximate surface area is 118 Å². The van der Waals surface area contributed by atoms with E-state index in [9.17, 15) is 13.6 Å². The molecule has 0 bridgehead atoms. The average molecular weight is 334 g/mol. The Morgan fingerprint density at radius 1 is 1.47 bits per heavy atom. The van der Waals surface area contributed by atoms with Gasteiger partial charge in [0.1, 0.15) is 11.6 Å². The van der Waals surface area contributed by atoms with Crippen molar-refractivity contribution in [3.8, 4) is 0 Å². The van der Waals surface area contributed by atoms with E-state index in [1.54, 1.807) is 4.90 Å². The lowest BCUT2D eigenvalue weighted by Crippen LogP contribution is -2.50. The van der Waals surface area contributed by atoms with Crippen LogP contribution in [0.15, 0.2) is 18.2 Å². The smallest absolute Gasteiger partial charge is 0.227 e. The molecule has 1 aliphatic heterocycles. The zero-order valence-electron chi connectivity index (χ0n) is 10.2. The minimum atomic E-state index is -0.683. The highest BCUT2D eigenvalue weighted by Gasteiger charge is 2.26. The van der Waals surface area contributed by atoms with Crippen molar-refractivity contribution in [3.05, 3.63) is 35.4 Å². The third kappa shape index (κ3) is 3.51. The van der Waals surface area contributed by atoms with Crippen LogP contribution >= 0.6 is 15.9 Å². The Morgan fingerprint density at radius 2 is 2.26 bits per heavy atom. The second-order valence-electron chi connectivity index (χ2n) is 4.38. The van der Waals surface area contributed by atoms with Crippen molar-refractivity contribution in [1.29, 1.82) is 0 Å². The van der Waals surface area contributed by atoms with Crippen molar-refractivity contribution in [2.75, 3.05) is 25.1 Å². The molecule has 0 saturated carbocycles. The van der Waals surface area contributed by atoms with Gasteiger partial charge in [0, 0.05) is 17.9 Å². The summed E-state index contributed by atoms with van der Waals surface area (Å²) in [6, 6.07) is 3.23. The van der Waals surface area contributed by atoms with E-state index >= 15 is 0 Å². The van der Waals surface area contributed by atoms with Crippen LogP contribution in [0.5, 0.6) is 0 Å². The van der Waals surface area contributed by atoms with Crippen molar-refractivity contribution in [2.24, 2.45) is 0 Å². The quantitative estimate of drug-likeness (QED) is 0.793. The van der Waals surface area contributed by atoms with Crippen LogP contribution in [0.3, 0.4) is 0 Å². The molecule has 2 rings (SSSR count). The third-order valence-corrected chi connectivity index (χ3v) is 3.83. The summed E-state index contributed by atoms with van der Waals surface area (Å²) in [6.45, 7) is 1.46. The number of rotatable bonds is 3. The van der Waals surface area contributed by atoms with Crippen molar-refractivity contribution < 1.29 is 18.3 Å². The Balaban J connectivity index is 2.07. The summed E-state index contributed by atoms with van der Waals surface area (Å²) >= 11 is 3.33. The van der Waals surface area contributed by atoms with Gasteiger partial charge in [-0.05, 0) is 11.6 Å². The van der Waals surface area contributed by atoms with Crippen LogP contribution in [-0.2, 0) is 16.0 Å². The zero-order chi connectivity index (χ0) is 13.8. The molecule has 1 amide bonds. The second kappa shape index (κ2) is 6.43. The van der Waals surface area contributed by atoms with E-state index in [2.05, 4.69) is 15.9 Å². The number of amides is 1. The maximum absolute atomic E-state index is 13.5. The molecule has 19 heavy (non-hydrogen) atoms. The Morgan fingerprint density at radius 3 is 2.95 bits per heavy atom. The highest BCUT2D eigenvalue weighted by Crippen LogP contribution is 2.15. The van der Waals surface area contributed by atoms with E-state index in [0.29, 0.717) is 25.1 Å². The lowest BCUT2D eigenvalue weighted by atomic mass is 10.1. The first kappa shape index (κ1) is 14.4. The number of carbonyl (C=O) groups is 1. The molecule has 1 fully saturated rings. The molecule has 1 aromatic rings. The van der Waals surface area contributed by atoms with E-state index in [4.69, 9.17) is 4.74 Å². The highest BCUT2D eigenvalue weighted by atomic mass is 79.9. The van der Waals surface area contributed by atoms with Gasteiger partial charge >= 0.3 is 0 Å². The van der Waals surface area contributed by atoms with E-state index in [1.165, 1.54) is 6.07 Å². The molecule has 1 saturated heterocycles. The summed E-state index contributed by atoms with van der Waals surface area (Å²) in [4.78, 5) is 13.8. The number of nitrogens with zero attached hydrogens (tertiary/aromatic N) is 1. The minimum Gasteiger partial charge on any atom is -0.377 e. The number of morpholine rings is 1. The maximum atomic E-state index is 13.5. The SMILES string of the molecule is O=C(Cc1ccc(F)cc1F)N1CCOCC1CBr. The van der Waals surface area contributed by atoms with Crippen LogP contribution in [0, 0.1) is 11.6 Å². The van der Waals surface area contributed by atoms with Crippen molar-refractivity contribution in [3.63, 3.8) is 0 Å². The van der Waals surface area contributed by atoms with Gasteiger partial charge in [-0.2, -0.15) is 0 Å². The van der Waals surface area contributed by atoms with Gasteiger partial charge in [-0.15, -0.1) is 0 Å². The molecule has 0 aliphatic carbocycles. The van der Waals surface area contributed by atoms with Crippen molar-refractivity contribution in [2.45, 2.75) is 12.5 Å². The number of alkyl halides is 1. The second-order valence-corrected chi connectivity index (χ2v) is 5.03. The lowest BCUT2D eigenvalue weighted by molar-refractivity contribution is -0.138. The first-order valence-electron chi connectivity index (χ1n) is 5.99. The van der Waals surface area contributed by atoms with Gasteiger partial charge in [0.15, 0.2) is 0 Å². The predicted molar refractivity (Wildman–Crippen MR) is 70.2 cm³/mol. The summed E-state index contributed by atoms with van der Waals surface area (Å²) in [5.41, 5.74) is 0.214. The number of benzene rings is 1. The topological polar surface area (TPSA) is 29.5 Å². The normalized spacial score (nSPS) is 19.5. The molecular weight excluding hydrogens is 320 g/mol. The largest absolute Gasteiger partial charge is 0.377 e. The first-order valence-corrected chi connectivity index (χ1v) is 7.11. The summed E-state index contributed by atoms with van der Waals surface area (Å²) in [5.74, 6) is -1.49. The molecule has 0 radical (unpaired) electrons. The molecule has 0 N–H and O–H groups in total. The summed E-state index contributed by atoms with van der Waals surface area (Å²) in [7, 11) is 0. The van der Waals surface area contributed by atoms with Crippen LogP contribution in [0.25, 0.3) is 0 Å². The molecular formula is C13H14BrF2NO2. The fraction of sp³-hybridized carbons (Fsp3) is 0.462. The Kier molecular flexibility index (Phi) is 4.87. The van der Waals surface area contributed by atoms with Crippen LogP contribution in [0.4, 0.5) is 8.78 Å². The Hall–Kier alpha value is -1.01. The zero-order valence-corrected chi connectivity index (χ0v) is 11.8. The monoisotopic (exact) mass is 333 g/mol. The molecule has 104 valence electrons. The number of carbonyl (C=O) groups excluding carboxylic acids is 1. The van der Waals surface area contributed by atoms with E-state index in [-0.39, 0.29) is 23.9 Å².